The second-order valence-electron chi connectivity index (χ2n) is 8.73. The summed E-state index contributed by atoms with van der Waals surface area (Å²) in [4.78, 5) is 30.7. The number of aromatic carboxylic acids is 2. The number of carboxylic acid groups (broad SMARTS) is 2. The van der Waals surface area contributed by atoms with Crippen LogP contribution in [0.3, 0.4) is 0 Å². The summed E-state index contributed by atoms with van der Waals surface area (Å²) in [6, 6.07) is 5.29. The predicted molar refractivity (Wildman–Crippen MR) is 137 cm³/mol. The average Bonchev–Trinajstić information content (AvgIpc) is 2.84. The minimum atomic E-state index is -1.15. The van der Waals surface area contributed by atoms with E-state index >= 15 is 0 Å². The van der Waals surface area contributed by atoms with Crippen molar-refractivity contribution in [1.29, 1.82) is 0 Å². The Morgan fingerprint density at radius 3 is 1.68 bits per heavy atom. The summed E-state index contributed by atoms with van der Waals surface area (Å²) in [6.45, 7) is 4.38. The third-order valence-corrected chi connectivity index (χ3v) is 5.82. The van der Waals surface area contributed by atoms with Crippen LogP contribution in [0.1, 0.15) is 123 Å². The maximum absolute atomic E-state index is 11.7. The molecule has 6 nitrogen and oxygen atoms in total. The number of aromatic nitrogens is 2. The number of aryl methyl sites for hydroxylation is 2. The first kappa shape index (κ1) is 29.3. The smallest absolute Gasteiger partial charge is 0.336 e. The number of nitrogens with zero attached hydrogens (tertiary/aromatic N) is 2. The molecule has 1 heterocycles. The van der Waals surface area contributed by atoms with Gasteiger partial charge in [-0.3, -0.25) is 0 Å². The fourth-order valence-corrected chi connectivity index (χ4v) is 3.99. The van der Waals surface area contributed by atoms with Gasteiger partial charge in [0.2, 0.25) is 0 Å². The van der Waals surface area contributed by atoms with Gasteiger partial charge in [0.1, 0.15) is 6.33 Å². The topological polar surface area (TPSA) is 100 Å². The van der Waals surface area contributed by atoms with Crippen molar-refractivity contribution in [3.05, 3.63) is 59.2 Å². The molecule has 2 rings (SSSR count). The van der Waals surface area contributed by atoms with E-state index < -0.39 is 11.9 Å². The molecule has 0 aliphatic carbocycles. The van der Waals surface area contributed by atoms with Gasteiger partial charge in [-0.25, -0.2) is 19.6 Å². The maximum Gasteiger partial charge on any atom is 0.336 e. The quantitative estimate of drug-likeness (QED) is 0.248. The summed E-state index contributed by atoms with van der Waals surface area (Å²) < 4.78 is 0. The van der Waals surface area contributed by atoms with Gasteiger partial charge < -0.3 is 10.2 Å². The lowest BCUT2D eigenvalue weighted by molar-refractivity contribution is 0.0650. The first-order valence-electron chi connectivity index (χ1n) is 12.8. The number of benzene rings is 1. The summed E-state index contributed by atoms with van der Waals surface area (Å²) >= 11 is 0. The van der Waals surface area contributed by atoms with Gasteiger partial charge in [0.05, 0.1) is 11.1 Å². The first-order chi connectivity index (χ1) is 16.5. The van der Waals surface area contributed by atoms with Gasteiger partial charge in [0.25, 0.3) is 0 Å². The second kappa shape index (κ2) is 18.6. The lowest BCUT2D eigenvalue weighted by atomic mass is 9.92. The molecule has 2 N–H and O–H groups in total. The monoisotopic (exact) mass is 470 g/mol. The molecule has 188 valence electrons. The van der Waals surface area contributed by atoms with Crippen molar-refractivity contribution in [2.75, 3.05) is 0 Å². The molecular weight excluding hydrogens is 428 g/mol. The highest BCUT2D eigenvalue weighted by molar-refractivity contribution is 6.03. The molecule has 0 amide bonds. The number of unbranched alkanes of at least 4 members (excludes halogenated alkanes) is 10. The molecule has 0 unspecified atom stereocenters. The molecule has 2 aromatic rings. The van der Waals surface area contributed by atoms with Crippen molar-refractivity contribution in [1.82, 2.24) is 9.97 Å². The fourth-order valence-electron chi connectivity index (χ4n) is 3.99. The van der Waals surface area contributed by atoms with E-state index in [2.05, 4.69) is 23.8 Å². The summed E-state index contributed by atoms with van der Waals surface area (Å²) in [5.41, 5.74) is 1.56. The molecule has 6 heteroatoms. The number of rotatable bonds is 16. The van der Waals surface area contributed by atoms with E-state index in [1.807, 2.05) is 6.07 Å². The largest absolute Gasteiger partial charge is 0.478 e. The maximum atomic E-state index is 11.7. The lowest BCUT2D eigenvalue weighted by Gasteiger charge is -2.13. The third-order valence-electron chi connectivity index (χ3n) is 5.82. The minimum Gasteiger partial charge on any atom is -0.478 e. The van der Waals surface area contributed by atoms with E-state index in [0.717, 1.165) is 44.1 Å². The van der Waals surface area contributed by atoms with Gasteiger partial charge in [-0.15, -0.1) is 0 Å². The summed E-state index contributed by atoms with van der Waals surface area (Å²) in [7, 11) is 0. The number of carboxylic acids is 2. The van der Waals surface area contributed by atoms with Crippen molar-refractivity contribution < 1.29 is 19.8 Å². The first-order valence-corrected chi connectivity index (χ1v) is 12.8. The van der Waals surface area contributed by atoms with Crippen molar-refractivity contribution >= 4 is 11.9 Å². The Bertz CT molecular complexity index is 798. The van der Waals surface area contributed by atoms with Crippen molar-refractivity contribution in [2.45, 2.75) is 104 Å². The van der Waals surface area contributed by atoms with E-state index in [1.54, 1.807) is 24.5 Å². The highest BCUT2D eigenvalue weighted by Crippen LogP contribution is 2.23. The van der Waals surface area contributed by atoms with Gasteiger partial charge in [-0.2, -0.15) is 0 Å². The fraction of sp³-hybridized carbons (Fsp3) is 0.571. The van der Waals surface area contributed by atoms with Crippen LogP contribution in [0.2, 0.25) is 0 Å². The molecule has 0 bridgehead atoms. The Kier molecular flexibility index (Phi) is 16.1. The summed E-state index contributed by atoms with van der Waals surface area (Å²) in [6.07, 6.45) is 20.2. The highest BCUT2D eigenvalue weighted by atomic mass is 16.4. The highest BCUT2D eigenvalue weighted by Gasteiger charge is 2.21. The second-order valence-corrected chi connectivity index (χ2v) is 8.73. The molecule has 0 spiro atoms. The van der Waals surface area contributed by atoms with Gasteiger partial charge in [0, 0.05) is 12.4 Å². The zero-order valence-corrected chi connectivity index (χ0v) is 21.0. The Hall–Kier alpha value is -2.76. The van der Waals surface area contributed by atoms with E-state index in [1.165, 1.54) is 51.3 Å². The average molecular weight is 471 g/mol. The normalized spacial score (nSPS) is 10.4. The Morgan fingerprint density at radius 1 is 0.706 bits per heavy atom. The molecule has 0 saturated heterocycles. The SMILES string of the molecule is CCCCCCCCc1cc(CCCCCCCC)c(C(=O)O)c(C(=O)O)c1.c1cncnc1. The zero-order valence-electron chi connectivity index (χ0n) is 21.0. The molecule has 0 atom stereocenters. The molecule has 0 aliphatic rings. The molecule has 34 heavy (non-hydrogen) atoms. The van der Waals surface area contributed by atoms with Crippen LogP contribution >= 0.6 is 0 Å². The van der Waals surface area contributed by atoms with Crippen LogP contribution in [0, 0.1) is 0 Å². The number of hydrogen-bond acceptors (Lipinski definition) is 4. The van der Waals surface area contributed by atoms with Crippen LogP contribution in [0.15, 0.2) is 36.9 Å². The predicted octanol–water partition coefficient (Wildman–Crippen LogP) is 7.37. The standard InChI is InChI=1S/C24H38O4.C4H4N2/c1-3-5-7-9-11-13-15-19-17-20(16-14-12-10-8-6-4-2)22(24(27)28)21(18-19)23(25)26;1-2-5-4-6-3-1/h17-18H,3-16H2,1-2H3,(H,25,26)(H,27,28);1-4H. The van der Waals surface area contributed by atoms with Crippen molar-refractivity contribution in [3.63, 3.8) is 0 Å². The molecule has 1 aromatic heterocycles. The van der Waals surface area contributed by atoms with E-state index in [4.69, 9.17) is 0 Å². The Labute approximate surface area is 204 Å². The Balaban J connectivity index is 0.000000830. The van der Waals surface area contributed by atoms with Crippen LogP contribution in [0.25, 0.3) is 0 Å². The van der Waals surface area contributed by atoms with Crippen LogP contribution < -0.4 is 0 Å². The van der Waals surface area contributed by atoms with E-state index in [9.17, 15) is 19.8 Å². The summed E-state index contributed by atoms with van der Waals surface area (Å²) in [5.74, 6) is -2.28. The minimum absolute atomic E-state index is 0.0206. The number of hydrogen-bond donors (Lipinski definition) is 2. The van der Waals surface area contributed by atoms with Crippen LogP contribution in [-0.4, -0.2) is 32.1 Å². The molecule has 0 fully saturated rings. The third kappa shape index (κ3) is 12.5. The lowest BCUT2D eigenvalue weighted by Crippen LogP contribution is -2.13. The molecular formula is C28H42N2O4. The molecule has 0 saturated carbocycles. The van der Waals surface area contributed by atoms with E-state index in [0.29, 0.717) is 12.0 Å². The van der Waals surface area contributed by atoms with Crippen molar-refractivity contribution in [2.24, 2.45) is 0 Å². The summed E-state index contributed by atoms with van der Waals surface area (Å²) in [5, 5.41) is 19.1. The number of carbonyl (C=O) groups is 2. The van der Waals surface area contributed by atoms with Crippen LogP contribution in [0.5, 0.6) is 0 Å². The van der Waals surface area contributed by atoms with Gasteiger partial charge in [-0.1, -0.05) is 84.1 Å². The Morgan fingerprint density at radius 2 is 1.24 bits per heavy atom. The zero-order chi connectivity index (χ0) is 25.0. The van der Waals surface area contributed by atoms with Crippen LogP contribution in [0.4, 0.5) is 0 Å². The molecule has 0 radical (unpaired) electrons. The van der Waals surface area contributed by atoms with Gasteiger partial charge in [-0.05, 0) is 48.9 Å². The van der Waals surface area contributed by atoms with Crippen molar-refractivity contribution in [3.8, 4) is 0 Å². The van der Waals surface area contributed by atoms with Crippen LogP contribution in [-0.2, 0) is 12.8 Å². The molecule has 1 aromatic carbocycles. The van der Waals surface area contributed by atoms with Gasteiger partial charge in [0.15, 0.2) is 0 Å². The van der Waals surface area contributed by atoms with Gasteiger partial charge >= 0.3 is 11.9 Å². The van der Waals surface area contributed by atoms with E-state index in [-0.39, 0.29) is 11.1 Å². The molecule has 0 aliphatic heterocycles.